The first kappa shape index (κ1) is 5.00. The summed E-state index contributed by atoms with van der Waals surface area (Å²) >= 11 is -3.02. The van der Waals surface area contributed by atoms with Gasteiger partial charge in [-0.15, -0.1) is 8.22 Å². The van der Waals surface area contributed by atoms with Gasteiger partial charge in [0.25, 0.3) is 0 Å². The molecule has 0 saturated carbocycles. The van der Waals surface area contributed by atoms with Gasteiger partial charge in [0.1, 0.15) is 0 Å². The van der Waals surface area contributed by atoms with Crippen LogP contribution in [0.15, 0.2) is 0 Å². The van der Waals surface area contributed by atoms with Gasteiger partial charge in [0.05, 0.1) is 0 Å². The van der Waals surface area contributed by atoms with Gasteiger partial charge in [-0.2, -0.15) is 4.21 Å². The topological polar surface area (TPSA) is 46.5 Å². The molecular formula is HFO3S. The van der Waals surface area contributed by atoms with E-state index in [-0.39, 0.29) is 0 Å². The minimum atomic E-state index is -3.02. The van der Waals surface area contributed by atoms with E-state index in [1.807, 2.05) is 0 Å². The third kappa shape index (κ3) is 4.00. The Balaban J connectivity index is 2.85. The minimum Gasteiger partial charge on any atom is -0.235 e. The number of rotatable bonds is 1. The van der Waals surface area contributed by atoms with E-state index in [1.54, 1.807) is 0 Å². The summed E-state index contributed by atoms with van der Waals surface area (Å²) in [5.74, 6) is 0. The van der Waals surface area contributed by atoms with Gasteiger partial charge in [-0.05, 0) is 0 Å². The fourth-order valence-corrected chi connectivity index (χ4v) is 0. The van der Waals surface area contributed by atoms with E-state index in [0.29, 0.717) is 0 Å². The molecule has 5 heavy (non-hydrogen) atoms. The smallest absolute Gasteiger partial charge is 0.235 e. The Morgan fingerprint density at radius 3 is 2.20 bits per heavy atom. The van der Waals surface area contributed by atoms with Crippen LogP contribution in [0.2, 0.25) is 0 Å². The van der Waals surface area contributed by atoms with Gasteiger partial charge in [-0.1, -0.05) is 0 Å². The molecule has 0 heterocycles. The quantitative estimate of drug-likeness (QED) is 0.287. The normalized spacial score (nSPS) is 14.8. The summed E-state index contributed by atoms with van der Waals surface area (Å²) in [5.41, 5.74) is 0. The largest absolute Gasteiger partial charge is 0.373 e. The van der Waals surface area contributed by atoms with Crippen molar-refractivity contribution in [1.29, 1.82) is 0 Å². The minimum absolute atomic E-state index is 2.56. The number of hydrogen-bond donors (Lipinski definition) is 1. The molecule has 0 amide bonds. The van der Waals surface area contributed by atoms with Crippen molar-refractivity contribution >= 4 is 11.5 Å². The highest BCUT2D eigenvalue weighted by Crippen LogP contribution is 1.75. The van der Waals surface area contributed by atoms with Crippen molar-refractivity contribution < 1.29 is 17.7 Å². The first-order valence-corrected chi connectivity index (χ1v) is 1.65. The SMILES string of the molecule is O=S(F)OO. The molecule has 0 rings (SSSR count). The zero-order valence-corrected chi connectivity index (χ0v) is 2.87. The molecule has 0 aliphatic rings. The van der Waals surface area contributed by atoms with E-state index in [9.17, 15) is 3.89 Å². The van der Waals surface area contributed by atoms with E-state index >= 15 is 0 Å². The van der Waals surface area contributed by atoms with Gasteiger partial charge >= 0.3 is 11.5 Å². The highest BCUT2D eigenvalue weighted by molar-refractivity contribution is 7.74. The van der Waals surface area contributed by atoms with Crippen LogP contribution >= 0.6 is 0 Å². The van der Waals surface area contributed by atoms with Gasteiger partial charge in [-0.3, -0.25) is 0 Å². The van der Waals surface area contributed by atoms with Crippen molar-refractivity contribution in [3.63, 3.8) is 0 Å². The van der Waals surface area contributed by atoms with Crippen LogP contribution in [0.5, 0.6) is 0 Å². The van der Waals surface area contributed by atoms with Crippen molar-refractivity contribution in [3.8, 4) is 0 Å². The van der Waals surface area contributed by atoms with Crippen LogP contribution in [0.3, 0.4) is 0 Å². The second kappa shape index (κ2) is 2.25. The molecule has 0 radical (unpaired) electrons. The maximum atomic E-state index is 10.4. The Labute approximate surface area is 30.3 Å². The Hall–Kier alpha value is -0.0000000000000000416. The van der Waals surface area contributed by atoms with Crippen LogP contribution in [0.25, 0.3) is 0 Å². The Bertz CT molecular complexity index is 42.2. The molecule has 1 N–H and O–H groups in total. The van der Waals surface area contributed by atoms with Gasteiger partial charge in [0.15, 0.2) is 0 Å². The molecule has 32 valence electrons. The highest BCUT2D eigenvalue weighted by atomic mass is 32.2. The summed E-state index contributed by atoms with van der Waals surface area (Å²) in [6, 6.07) is 0. The summed E-state index contributed by atoms with van der Waals surface area (Å²) in [7, 11) is 0. The van der Waals surface area contributed by atoms with E-state index < -0.39 is 11.5 Å². The summed E-state index contributed by atoms with van der Waals surface area (Å²) in [6.07, 6.45) is 0. The molecule has 0 bridgehead atoms. The Kier molecular flexibility index (Phi) is 2.25. The van der Waals surface area contributed by atoms with Crippen molar-refractivity contribution in [3.05, 3.63) is 0 Å². The zero-order valence-electron chi connectivity index (χ0n) is 2.05. The lowest BCUT2D eigenvalue weighted by Crippen LogP contribution is -1.77. The second-order valence-electron chi connectivity index (χ2n) is 0.269. The standard InChI is InChI=1S/FHO3S/c1-5(3)4-2/h2H. The van der Waals surface area contributed by atoms with E-state index in [0.717, 1.165) is 0 Å². The Morgan fingerprint density at radius 2 is 2.20 bits per heavy atom. The molecule has 5 heteroatoms. The molecule has 0 spiro atoms. The maximum Gasteiger partial charge on any atom is 0.373 e. The molecule has 1 atom stereocenters. The summed E-state index contributed by atoms with van der Waals surface area (Å²) in [5, 5.41) is 6.97. The zero-order chi connectivity index (χ0) is 4.28. The molecule has 1 unspecified atom stereocenters. The predicted octanol–water partition coefficient (Wildman–Crippen LogP) is 0.0242. The van der Waals surface area contributed by atoms with Crippen molar-refractivity contribution in [2.45, 2.75) is 0 Å². The van der Waals surface area contributed by atoms with Gasteiger partial charge in [0, 0.05) is 0 Å². The summed E-state index contributed by atoms with van der Waals surface area (Å²) in [6.45, 7) is 0. The molecular weight excluding hydrogens is 99.1 g/mol. The average molecular weight is 100 g/mol. The summed E-state index contributed by atoms with van der Waals surface area (Å²) in [4.78, 5) is 0. The molecule has 0 aliphatic heterocycles. The molecule has 3 nitrogen and oxygen atoms in total. The van der Waals surface area contributed by atoms with Crippen LogP contribution in [0.4, 0.5) is 3.89 Å². The fourth-order valence-electron chi connectivity index (χ4n) is 0. The molecule has 0 aromatic rings. The lowest BCUT2D eigenvalue weighted by atomic mass is 15.0. The first-order valence-electron chi connectivity index (χ1n) is 0.670. The van der Waals surface area contributed by atoms with Crippen LogP contribution in [0, 0.1) is 0 Å². The van der Waals surface area contributed by atoms with E-state index in [1.165, 1.54) is 0 Å². The predicted molar refractivity (Wildman–Crippen MR) is 13.0 cm³/mol. The fraction of sp³-hybridized carbons (Fsp3) is 0. The lowest BCUT2D eigenvalue weighted by molar-refractivity contribution is -0.128. The number of halogens is 1. The van der Waals surface area contributed by atoms with Crippen LogP contribution in [-0.4, -0.2) is 9.47 Å². The molecule has 0 aromatic heterocycles. The highest BCUT2D eigenvalue weighted by Gasteiger charge is 1.83. The lowest BCUT2D eigenvalue weighted by Gasteiger charge is -1.69. The summed E-state index contributed by atoms with van der Waals surface area (Å²) < 4.78 is 21.8. The van der Waals surface area contributed by atoms with Crippen LogP contribution < -0.4 is 0 Å². The molecule has 0 aromatic carbocycles. The van der Waals surface area contributed by atoms with Crippen molar-refractivity contribution in [2.24, 2.45) is 0 Å². The maximum absolute atomic E-state index is 10.4. The van der Waals surface area contributed by atoms with Crippen molar-refractivity contribution in [1.82, 2.24) is 0 Å². The van der Waals surface area contributed by atoms with Gasteiger partial charge in [-0.25, -0.2) is 5.26 Å². The molecule has 0 fully saturated rings. The third-order valence-corrected chi connectivity index (χ3v) is 0.176. The molecule has 0 saturated heterocycles. The van der Waals surface area contributed by atoms with Crippen LogP contribution in [0.1, 0.15) is 0 Å². The first-order chi connectivity index (χ1) is 2.27. The van der Waals surface area contributed by atoms with Gasteiger partial charge < -0.3 is 0 Å². The Morgan fingerprint density at radius 1 is 2.00 bits per heavy atom. The van der Waals surface area contributed by atoms with E-state index in [2.05, 4.69) is 4.33 Å². The second-order valence-corrected chi connectivity index (χ2v) is 0.806. The van der Waals surface area contributed by atoms with Gasteiger partial charge in [0.2, 0.25) is 0 Å². The monoisotopic (exact) mass is 100.0 g/mol. The molecule has 0 aliphatic carbocycles. The van der Waals surface area contributed by atoms with Crippen molar-refractivity contribution in [2.75, 3.05) is 0 Å². The third-order valence-electron chi connectivity index (χ3n) is 0.0586. The number of hydrogen-bond acceptors (Lipinski definition) is 3. The average Bonchev–Trinajstić information content (AvgIpc) is 1.38. The van der Waals surface area contributed by atoms with E-state index in [4.69, 9.17) is 9.47 Å². The van der Waals surface area contributed by atoms with Crippen LogP contribution in [-0.2, 0) is 15.8 Å².